The van der Waals surface area contributed by atoms with Crippen LogP contribution in [0.15, 0.2) is 33.6 Å². The Kier molecular flexibility index (Phi) is 7.19. The molecule has 0 spiro atoms. The van der Waals surface area contributed by atoms with Crippen LogP contribution in [0.2, 0.25) is 0 Å². The zero-order valence-corrected chi connectivity index (χ0v) is 12.9. The fraction of sp³-hybridized carbons (Fsp3) is 0.538. The number of halogens is 1. The lowest BCUT2D eigenvalue weighted by molar-refractivity contribution is 0.423. The van der Waals surface area contributed by atoms with E-state index in [2.05, 4.69) is 53.4 Å². The lowest BCUT2D eigenvalue weighted by Crippen LogP contribution is -2.38. The molecule has 0 fully saturated rings. The van der Waals surface area contributed by atoms with Gasteiger partial charge in [-0.2, -0.15) is 0 Å². The van der Waals surface area contributed by atoms with Crippen molar-refractivity contribution in [3.05, 3.63) is 28.7 Å². The maximum Gasteiger partial charge on any atom is 0.0311 e. The van der Waals surface area contributed by atoms with Gasteiger partial charge in [-0.1, -0.05) is 32.4 Å². The Morgan fingerprint density at radius 1 is 1.41 bits per heavy atom. The number of thioether (sulfide) groups is 1. The third-order valence-corrected chi connectivity index (χ3v) is 5.09. The number of rotatable bonds is 7. The van der Waals surface area contributed by atoms with Gasteiger partial charge in [-0.25, -0.2) is 0 Å². The molecule has 17 heavy (non-hydrogen) atoms. The molecule has 0 aromatic heterocycles. The molecule has 0 bridgehead atoms. The zero-order valence-electron chi connectivity index (χ0n) is 10.4. The number of hydrogen-bond donors (Lipinski definition) is 2. The van der Waals surface area contributed by atoms with Crippen molar-refractivity contribution in [1.82, 2.24) is 5.43 Å². The average molecular weight is 317 g/mol. The lowest BCUT2D eigenvalue weighted by Gasteiger charge is -2.19. The molecule has 0 saturated heterocycles. The quantitative estimate of drug-likeness (QED) is 0.456. The summed E-state index contributed by atoms with van der Waals surface area (Å²) < 4.78 is 1.16. The van der Waals surface area contributed by atoms with E-state index in [1.54, 1.807) is 0 Å². The number of hydrogen-bond acceptors (Lipinski definition) is 3. The van der Waals surface area contributed by atoms with Crippen LogP contribution in [0.3, 0.4) is 0 Å². The standard InChI is InChI=1S/C13H21BrN2S/c1-3-10(2)8-11(16-15)9-17-13-7-5-4-6-12(13)14/h4-7,10-11,16H,3,8-9,15H2,1-2H3. The van der Waals surface area contributed by atoms with Gasteiger partial charge in [-0.3, -0.25) is 11.3 Å². The van der Waals surface area contributed by atoms with Crippen LogP contribution in [0.5, 0.6) is 0 Å². The first-order chi connectivity index (χ1) is 8.17. The van der Waals surface area contributed by atoms with Gasteiger partial charge in [0.25, 0.3) is 0 Å². The van der Waals surface area contributed by atoms with Crippen LogP contribution < -0.4 is 11.3 Å². The Labute approximate surface area is 117 Å². The highest BCUT2D eigenvalue weighted by Crippen LogP contribution is 2.28. The molecule has 2 nitrogen and oxygen atoms in total. The third kappa shape index (κ3) is 5.42. The van der Waals surface area contributed by atoms with E-state index in [-0.39, 0.29) is 0 Å². The summed E-state index contributed by atoms with van der Waals surface area (Å²) >= 11 is 5.40. The van der Waals surface area contributed by atoms with Crippen molar-refractivity contribution in [1.29, 1.82) is 0 Å². The second-order valence-electron chi connectivity index (χ2n) is 4.35. The molecule has 0 heterocycles. The largest absolute Gasteiger partial charge is 0.271 e. The molecule has 0 aliphatic rings. The highest BCUT2D eigenvalue weighted by atomic mass is 79.9. The van der Waals surface area contributed by atoms with Gasteiger partial charge >= 0.3 is 0 Å². The molecular formula is C13H21BrN2S. The highest BCUT2D eigenvalue weighted by molar-refractivity contribution is 9.10. The average Bonchev–Trinajstić information content (AvgIpc) is 2.35. The van der Waals surface area contributed by atoms with Crippen LogP contribution in [0.25, 0.3) is 0 Å². The summed E-state index contributed by atoms with van der Waals surface area (Å²) in [6.45, 7) is 4.49. The molecule has 96 valence electrons. The van der Waals surface area contributed by atoms with Crippen molar-refractivity contribution in [2.75, 3.05) is 5.75 Å². The van der Waals surface area contributed by atoms with E-state index in [4.69, 9.17) is 5.84 Å². The molecule has 0 saturated carbocycles. The van der Waals surface area contributed by atoms with E-state index in [9.17, 15) is 0 Å². The second kappa shape index (κ2) is 8.14. The highest BCUT2D eigenvalue weighted by Gasteiger charge is 2.11. The molecule has 2 atom stereocenters. The van der Waals surface area contributed by atoms with E-state index >= 15 is 0 Å². The van der Waals surface area contributed by atoms with Crippen molar-refractivity contribution in [3.8, 4) is 0 Å². The molecule has 0 aliphatic carbocycles. The van der Waals surface area contributed by atoms with E-state index < -0.39 is 0 Å². The first kappa shape index (κ1) is 15.0. The van der Waals surface area contributed by atoms with Gasteiger partial charge in [0.1, 0.15) is 0 Å². The van der Waals surface area contributed by atoms with E-state index in [1.807, 2.05) is 17.8 Å². The first-order valence-electron chi connectivity index (χ1n) is 6.00. The number of hydrazine groups is 1. The van der Waals surface area contributed by atoms with Crippen molar-refractivity contribution >= 4 is 27.7 Å². The van der Waals surface area contributed by atoms with E-state index in [0.29, 0.717) is 6.04 Å². The van der Waals surface area contributed by atoms with Crippen LogP contribution in [0.4, 0.5) is 0 Å². The van der Waals surface area contributed by atoms with Crippen molar-refractivity contribution < 1.29 is 0 Å². The molecule has 3 N–H and O–H groups in total. The number of nitrogens with one attached hydrogen (secondary N) is 1. The topological polar surface area (TPSA) is 38.0 Å². The van der Waals surface area contributed by atoms with Gasteiger partial charge in [0.2, 0.25) is 0 Å². The number of benzene rings is 1. The second-order valence-corrected chi connectivity index (χ2v) is 6.27. The van der Waals surface area contributed by atoms with Crippen molar-refractivity contribution in [2.45, 2.75) is 37.6 Å². The predicted octanol–water partition coefficient (Wildman–Crippen LogP) is 3.81. The number of nitrogens with two attached hydrogens (primary N) is 1. The Morgan fingerprint density at radius 3 is 2.71 bits per heavy atom. The molecule has 1 rings (SSSR count). The molecule has 0 amide bonds. The summed E-state index contributed by atoms with van der Waals surface area (Å²) in [5, 5.41) is 0. The molecule has 0 radical (unpaired) electrons. The monoisotopic (exact) mass is 316 g/mol. The summed E-state index contributed by atoms with van der Waals surface area (Å²) in [5.41, 5.74) is 2.92. The predicted molar refractivity (Wildman–Crippen MR) is 80.0 cm³/mol. The van der Waals surface area contributed by atoms with Gasteiger partial charge in [0.05, 0.1) is 0 Å². The molecule has 1 aromatic carbocycles. The van der Waals surface area contributed by atoms with Crippen molar-refractivity contribution in [2.24, 2.45) is 11.8 Å². The zero-order chi connectivity index (χ0) is 12.7. The van der Waals surface area contributed by atoms with Crippen LogP contribution in [0, 0.1) is 5.92 Å². The Bertz CT molecular complexity index is 333. The van der Waals surface area contributed by atoms with Gasteiger partial charge < -0.3 is 0 Å². The maximum atomic E-state index is 5.60. The van der Waals surface area contributed by atoms with E-state index in [0.717, 1.165) is 22.6 Å². The minimum atomic E-state index is 0.377. The SMILES string of the molecule is CCC(C)CC(CSc1ccccc1Br)NN. The van der Waals surface area contributed by atoms with Crippen molar-refractivity contribution in [3.63, 3.8) is 0 Å². The Hall–Kier alpha value is -0.0300. The normalized spacial score (nSPS) is 14.6. The lowest BCUT2D eigenvalue weighted by atomic mass is 10.0. The Morgan fingerprint density at radius 2 is 2.12 bits per heavy atom. The Balaban J connectivity index is 2.45. The smallest absolute Gasteiger partial charge is 0.0311 e. The summed E-state index contributed by atoms with van der Waals surface area (Å²) in [6.07, 6.45) is 2.34. The molecule has 2 unspecified atom stereocenters. The van der Waals surface area contributed by atoms with Gasteiger partial charge in [-0.05, 0) is 40.4 Å². The fourth-order valence-electron chi connectivity index (χ4n) is 1.59. The summed E-state index contributed by atoms with van der Waals surface area (Å²) in [7, 11) is 0. The summed E-state index contributed by atoms with van der Waals surface area (Å²) in [4.78, 5) is 1.27. The van der Waals surface area contributed by atoms with Crippen LogP contribution in [-0.2, 0) is 0 Å². The molecule has 4 heteroatoms. The van der Waals surface area contributed by atoms with Gasteiger partial charge in [-0.15, -0.1) is 11.8 Å². The minimum Gasteiger partial charge on any atom is -0.271 e. The summed E-state index contributed by atoms with van der Waals surface area (Å²) in [5.74, 6) is 7.32. The minimum absolute atomic E-state index is 0.377. The fourth-order valence-corrected chi connectivity index (χ4v) is 3.21. The van der Waals surface area contributed by atoms with E-state index in [1.165, 1.54) is 11.3 Å². The third-order valence-electron chi connectivity index (χ3n) is 2.90. The van der Waals surface area contributed by atoms with Gasteiger partial charge in [0, 0.05) is 21.2 Å². The maximum absolute atomic E-state index is 5.60. The van der Waals surface area contributed by atoms with Crippen LogP contribution in [-0.4, -0.2) is 11.8 Å². The molecule has 0 aliphatic heterocycles. The molecular weight excluding hydrogens is 296 g/mol. The first-order valence-corrected chi connectivity index (χ1v) is 7.78. The van der Waals surface area contributed by atoms with Crippen LogP contribution in [0.1, 0.15) is 26.7 Å². The molecule has 1 aromatic rings. The summed E-state index contributed by atoms with van der Waals surface area (Å²) in [6, 6.07) is 8.67. The van der Waals surface area contributed by atoms with Crippen LogP contribution >= 0.6 is 27.7 Å². The van der Waals surface area contributed by atoms with Gasteiger partial charge in [0.15, 0.2) is 0 Å².